The van der Waals surface area contributed by atoms with E-state index in [1.807, 2.05) is 0 Å². The first-order valence-corrected chi connectivity index (χ1v) is 11.1. The molecule has 19 nitrogen and oxygen atoms in total. The molecule has 2 amide bonds. The van der Waals surface area contributed by atoms with Crippen LogP contribution in [0.4, 0.5) is 0 Å². The Morgan fingerprint density at radius 1 is 0.725 bits per heavy atom. The van der Waals surface area contributed by atoms with Crippen molar-refractivity contribution in [2.75, 3.05) is 0 Å². The van der Waals surface area contributed by atoms with E-state index in [0.717, 1.165) is 0 Å². The van der Waals surface area contributed by atoms with Crippen molar-refractivity contribution in [3.8, 4) is 0 Å². The number of carboxylic acid groups (broad SMARTS) is 6. The summed E-state index contributed by atoms with van der Waals surface area (Å²) in [6.07, 6.45) is -4.02. The average Bonchev–Trinajstić information content (AvgIpc) is 3.15. The summed E-state index contributed by atoms with van der Waals surface area (Å²) in [7, 11) is 0. The minimum atomic E-state index is -2.93. The van der Waals surface area contributed by atoms with Gasteiger partial charge in [-0.2, -0.15) is 0 Å². The van der Waals surface area contributed by atoms with Crippen molar-refractivity contribution in [3.05, 3.63) is 0 Å². The van der Waals surface area contributed by atoms with Gasteiger partial charge in [-0.05, 0) is 12.8 Å². The number of Topliss-reactive ketones (excluding diaryl/α,β-unsaturated/α-hetero) is 1. The lowest BCUT2D eigenvalue weighted by molar-refractivity contribution is -0.168. The molecule has 1 fully saturated rings. The van der Waals surface area contributed by atoms with Crippen LogP contribution in [0, 0.1) is 0 Å². The van der Waals surface area contributed by atoms with Gasteiger partial charge in [0.1, 0.15) is 6.04 Å². The third kappa shape index (κ3) is 12.3. The molecule has 0 aliphatic heterocycles. The summed E-state index contributed by atoms with van der Waals surface area (Å²) >= 11 is 0. The summed E-state index contributed by atoms with van der Waals surface area (Å²) in [5.41, 5.74) is -5.60. The summed E-state index contributed by atoms with van der Waals surface area (Å²) < 4.78 is 0. The number of carboxylic acids is 6. The second-order valence-corrected chi connectivity index (χ2v) is 8.70. The maximum Gasteiger partial charge on any atom is 0.336 e. The van der Waals surface area contributed by atoms with Crippen molar-refractivity contribution in [1.29, 1.82) is 0 Å². The topological polar surface area (TPSA) is 340 Å². The number of ketones is 1. The molecule has 4 atom stereocenters. The van der Waals surface area contributed by atoms with Crippen LogP contribution >= 0.6 is 0 Å². The summed E-state index contributed by atoms with van der Waals surface area (Å²) in [5.74, 6) is -12.5. The van der Waals surface area contributed by atoms with Crippen LogP contribution in [0.5, 0.6) is 0 Å². The molecule has 40 heavy (non-hydrogen) atoms. The number of aliphatic carboxylic acids is 6. The minimum Gasteiger partial charge on any atom is -0.481 e. The van der Waals surface area contributed by atoms with Crippen LogP contribution in [-0.4, -0.2) is 118 Å². The molecule has 0 radical (unpaired) electrons. The molecule has 0 spiro atoms. The van der Waals surface area contributed by atoms with E-state index in [1.54, 1.807) is 5.32 Å². The number of rotatable bonds is 15. The highest BCUT2D eigenvalue weighted by molar-refractivity contribution is 5.94. The van der Waals surface area contributed by atoms with Gasteiger partial charge in [0, 0.05) is 6.42 Å². The van der Waals surface area contributed by atoms with Crippen molar-refractivity contribution in [3.63, 3.8) is 0 Å². The summed E-state index contributed by atoms with van der Waals surface area (Å²) in [4.78, 5) is 98.0. The third-order valence-electron chi connectivity index (χ3n) is 5.24. The zero-order valence-electron chi connectivity index (χ0n) is 20.6. The highest BCUT2D eigenvalue weighted by atomic mass is 16.4. The fraction of sp³-hybridized carbons (Fsp3) is 0.571. The fourth-order valence-electron chi connectivity index (χ4n) is 3.29. The second-order valence-electron chi connectivity index (χ2n) is 8.70. The van der Waals surface area contributed by atoms with Gasteiger partial charge in [0.2, 0.25) is 11.8 Å². The maximum atomic E-state index is 11.6. The van der Waals surface area contributed by atoms with Gasteiger partial charge in [0.25, 0.3) is 0 Å². The second kappa shape index (κ2) is 15.1. The molecule has 0 aromatic rings. The lowest BCUT2D eigenvalue weighted by Gasteiger charge is -2.21. The lowest BCUT2D eigenvalue weighted by Crippen LogP contribution is -2.49. The Bertz CT molecular complexity index is 1060. The van der Waals surface area contributed by atoms with Gasteiger partial charge in [-0.15, -0.1) is 0 Å². The summed E-state index contributed by atoms with van der Waals surface area (Å²) in [6.45, 7) is 0. The quantitative estimate of drug-likeness (QED) is 0.0902. The Morgan fingerprint density at radius 2 is 1.18 bits per heavy atom. The molecule has 1 saturated carbocycles. The monoisotopic (exact) mass is 580 g/mol. The molecule has 224 valence electrons. The van der Waals surface area contributed by atoms with Gasteiger partial charge < -0.3 is 51.5 Å². The molecule has 1 aliphatic rings. The molecular weight excluding hydrogens is 552 g/mol. The van der Waals surface area contributed by atoms with Gasteiger partial charge in [-0.1, -0.05) is 0 Å². The van der Waals surface area contributed by atoms with E-state index in [4.69, 9.17) is 30.6 Å². The molecule has 1 aliphatic carbocycles. The number of nitrogens with one attached hydrogen (secondary N) is 2. The van der Waals surface area contributed by atoms with E-state index in [0.29, 0.717) is 19.3 Å². The molecular formula is C21H28N2O17. The average molecular weight is 580 g/mol. The van der Waals surface area contributed by atoms with E-state index < -0.39 is 103 Å². The molecule has 0 heterocycles. The van der Waals surface area contributed by atoms with E-state index in [1.165, 1.54) is 0 Å². The number of amides is 2. The number of hydrogen-bond acceptors (Lipinski definition) is 11. The molecule has 0 aromatic carbocycles. The van der Waals surface area contributed by atoms with Crippen molar-refractivity contribution in [2.24, 2.45) is 0 Å². The number of carbonyl (C=O) groups is 9. The first-order chi connectivity index (χ1) is 18.2. The molecule has 4 unspecified atom stereocenters. The van der Waals surface area contributed by atoms with Crippen LogP contribution in [0.3, 0.4) is 0 Å². The Hall–Kier alpha value is -4.65. The molecule has 1 rings (SSSR count). The Kier molecular flexibility index (Phi) is 13.3. The number of carbonyl (C=O) groups excluding carboxylic acids is 3. The molecule has 0 aromatic heterocycles. The van der Waals surface area contributed by atoms with Gasteiger partial charge in [-0.25, -0.2) is 14.4 Å². The van der Waals surface area contributed by atoms with Crippen LogP contribution in [0.25, 0.3) is 0 Å². The smallest absolute Gasteiger partial charge is 0.336 e. The maximum absolute atomic E-state index is 11.6. The standard InChI is InChI=1S/C11H15NO7.C10H13NO10/c13-7-3-1-2-6(7)12-8(14)4-11(19,10(17)18)5-9(15)16;12-5(11-4(8(17)18)1-6(13)14)2-10(21,9(19)20)3-7(15)16/h6,19H,1-5H2,(H,12,14)(H,15,16)(H,17,18);4,21H,1-3H2,(H,11,12)(H,13,14)(H,15,16)(H,17,18)(H,19,20). The van der Waals surface area contributed by atoms with E-state index in [9.17, 15) is 53.4 Å². The van der Waals surface area contributed by atoms with Crippen molar-refractivity contribution >= 4 is 53.4 Å². The largest absolute Gasteiger partial charge is 0.481 e. The summed E-state index contributed by atoms with van der Waals surface area (Å²) in [5, 5.41) is 74.8. The Labute approximate surface area is 223 Å². The number of aliphatic hydroxyl groups is 2. The van der Waals surface area contributed by atoms with Crippen LogP contribution in [0.1, 0.15) is 51.4 Å². The normalized spacial score (nSPS) is 17.9. The highest BCUT2D eigenvalue weighted by Crippen LogP contribution is 2.19. The molecule has 10 N–H and O–H groups in total. The van der Waals surface area contributed by atoms with Crippen LogP contribution < -0.4 is 10.6 Å². The molecule has 0 bridgehead atoms. The van der Waals surface area contributed by atoms with Crippen LogP contribution in [-0.2, 0) is 43.2 Å². The third-order valence-corrected chi connectivity index (χ3v) is 5.24. The lowest BCUT2D eigenvalue weighted by atomic mass is 9.95. The predicted octanol–water partition coefficient (Wildman–Crippen LogP) is -3.38. The first kappa shape index (κ1) is 35.4. The molecule has 19 heteroatoms. The van der Waals surface area contributed by atoms with Crippen LogP contribution in [0.2, 0.25) is 0 Å². The van der Waals surface area contributed by atoms with E-state index in [-0.39, 0.29) is 5.78 Å². The Balaban J connectivity index is 0.000000763. The van der Waals surface area contributed by atoms with Crippen molar-refractivity contribution < 1.29 is 84.0 Å². The van der Waals surface area contributed by atoms with E-state index >= 15 is 0 Å². The highest BCUT2D eigenvalue weighted by Gasteiger charge is 2.42. The van der Waals surface area contributed by atoms with E-state index in [2.05, 4.69) is 5.32 Å². The van der Waals surface area contributed by atoms with Gasteiger partial charge in [0.05, 0.1) is 38.1 Å². The SMILES string of the molecule is O=C(O)CC(NC(=O)CC(O)(CC(=O)O)C(=O)O)C(=O)O.O=C(O)CC(O)(CC(=O)NC1CCCC1=O)C(=O)O. The van der Waals surface area contributed by atoms with Crippen LogP contribution in [0.15, 0.2) is 0 Å². The van der Waals surface area contributed by atoms with Gasteiger partial charge >= 0.3 is 35.8 Å². The first-order valence-electron chi connectivity index (χ1n) is 11.1. The molecule has 0 saturated heterocycles. The van der Waals surface area contributed by atoms with Gasteiger partial charge in [-0.3, -0.25) is 28.8 Å². The summed E-state index contributed by atoms with van der Waals surface area (Å²) in [6, 6.07) is -2.51. The minimum absolute atomic E-state index is 0.148. The predicted molar refractivity (Wildman–Crippen MR) is 122 cm³/mol. The zero-order chi connectivity index (χ0) is 31.4. The Morgan fingerprint density at radius 3 is 1.50 bits per heavy atom. The van der Waals surface area contributed by atoms with Crippen molar-refractivity contribution in [1.82, 2.24) is 10.6 Å². The van der Waals surface area contributed by atoms with Crippen molar-refractivity contribution in [2.45, 2.75) is 74.7 Å². The zero-order valence-corrected chi connectivity index (χ0v) is 20.6. The number of hydrogen-bond donors (Lipinski definition) is 10. The fourth-order valence-corrected chi connectivity index (χ4v) is 3.29. The van der Waals surface area contributed by atoms with Gasteiger partial charge in [0.15, 0.2) is 17.0 Å².